The SMILES string of the molecule is CC/C=C\C[C@@H](O)/C=C/C=C\C=C\[C@@H](O)C/C=C\C/C=C\CCC(=O)OC[C@H](COP(=O)(O)OC[C@H](N)C(=O)O)OC(=O)CCCCCCCCCCCCCCC. The van der Waals surface area contributed by atoms with Crippen molar-refractivity contribution in [3.8, 4) is 0 Å². The summed E-state index contributed by atoms with van der Waals surface area (Å²) >= 11 is 0. The predicted molar refractivity (Wildman–Crippen MR) is 229 cm³/mol. The van der Waals surface area contributed by atoms with E-state index in [1.807, 2.05) is 43.4 Å². The molecule has 0 aliphatic heterocycles. The van der Waals surface area contributed by atoms with Crippen LogP contribution < -0.4 is 5.73 Å². The van der Waals surface area contributed by atoms with Crippen molar-refractivity contribution in [3.63, 3.8) is 0 Å². The zero-order valence-corrected chi connectivity index (χ0v) is 36.0. The fourth-order valence-electron chi connectivity index (χ4n) is 5.26. The number of phosphoric acid groups is 1. The fourth-order valence-corrected chi connectivity index (χ4v) is 6.04. The maximum absolute atomic E-state index is 12.6. The number of esters is 2. The van der Waals surface area contributed by atoms with Crippen molar-refractivity contribution in [3.05, 3.63) is 72.9 Å². The zero-order chi connectivity index (χ0) is 43.1. The standard InChI is InChI=1S/C44H74NO12P/c1-3-5-7-8-9-10-11-12-13-14-15-20-28-34-43(49)57-40(36-55-58(52,53)56-37-41(45)44(50)51)35-54-42(48)33-27-19-17-16-18-24-30-39(47)32-26-22-21-25-31-38(46)29-23-6-4-2/h6,17-19,21-26,31-32,38-41,46-47H,3-5,7-16,20,27-30,33-37,45H2,1-2H3,(H,50,51)(H,52,53)/b19-17-,22-21-,23-6-,24-18-,31-25+,32-26+/t38-,39+,40-,41+/m1/s1. The van der Waals surface area contributed by atoms with E-state index in [0.29, 0.717) is 32.1 Å². The number of carboxylic acid groups (broad SMARTS) is 1. The maximum atomic E-state index is 12.6. The van der Waals surface area contributed by atoms with E-state index in [0.717, 1.165) is 25.7 Å². The van der Waals surface area contributed by atoms with Crippen molar-refractivity contribution >= 4 is 25.7 Å². The Morgan fingerprint density at radius 3 is 1.71 bits per heavy atom. The predicted octanol–water partition coefficient (Wildman–Crippen LogP) is 8.89. The first-order chi connectivity index (χ1) is 27.9. The third-order valence-corrected chi connectivity index (χ3v) is 9.60. The first-order valence-corrected chi connectivity index (χ1v) is 22.7. The largest absolute Gasteiger partial charge is 0.480 e. The number of aliphatic carboxylic acids is 1. The van der Waals surface area contributed by atoms with Crippen LogP contribution in [0.1, 0.15) is 142 Å². The number of nitrogens with two attached hydrogens (primary N) is 1. The molecule has 0 radical (unpaired) electrons. The molecule has 13 nitrogen and oxygen atoms in total. The molecule has 0 rings (SSSR count). The van der Waals surface area contributed by atoms with Gasteiger partial charge in [-0.2, -0.15) is 0 Å². The van der Waals surface area contributed by atoms with E-state index in [4.69, 9.17) is 24.8 Å². The van der Waals surface area contributed by atoms with Gasteiger partial charge in [0.15, 0.2) is 6.10 Å². The molecule has 0 aliphatic carbocycles. The van der Waals surface area contributed by atoms with Crippen molar-refractivity contribution in [2.45, 2.75) is 167 Å². The normalized spacial score (nSPS) is 15.6. The molecule has 0 bridgehead atoms. The van der Waals surface area contributed by atoms with Gasteiger partial charge in [0.05, 0.1) is 25.4 Å². The molecule has 5 atom stereocenters. The molecule has 14 heteroatoms. The summed E-state index contributed by atoms with van der Waals surface area (Å²) in [4.78, 5) is 45.9. The quantitative estimate of drug-likeness (QED) is 0.0129. The summed E-state index contributed by atoms with van der Waals surface area (Å²) in [5.74, 6) is -2.57. The molecular weight excluding hydrogens is 765 g/mol. The highest BCUT2D eigenvalue weighted by Crippen LogP contribution is 2.43. The molecule has 0 heterocycles. The minimum absolute atomic E-state index is 0.0382. The second-order valence-electron chi connectivity index (χ2n) is 14.1. The number of carbonyl (C=O) groups is 3. The molecule has 0 saturated carbocycles. The number of aliphatic hydroxyl groups is 2. The topological polar surface area (TPSA) is 212 Å². The molecule has 0 fully saturated rings. The molecule has 1 unspecified atom stereocenters. The molecule has 0 aliphatic rings. The monoisotopic (exact) mass is 839 g/mol. The first-order valence-electron chi connectivity index (χ1n) is 21.2. The van der Waals surface area contributed by atoms with Gasteiger partial charge in [-0.3, -0.25) is 23.4 Å². The van der Waals surface area contributed by atoms with Crippen LogP contribution in [0.15, 0.2) is 72.9 Å². The molecule has 332 valence electrons. The average Bonchev–Trinajstić information content (AvgIpc) is 3.19. The highest BCUT2D eigenvalue weighted by molar-refractivity contribution is 7.47. The Hall–Kier alpha value is -3.16. The second kappa shape index (κ2) is 38.1. The van der Waals surface area contributed by atoms with E-state index in [1.165, 1.54) is 57.8 Å². The van der Waals surface area contributed by atoms with Crippen LogP contribution in [0, 0.1) is 0 Å². The lowest BCUT2D eigenvalue weighted by molar-refractivity contribution is -0.161. The summed E-state index contributed by atoms with van der Waals surface area (Å²) in [6.45, 7) is 2.41. The summed E-state index contributed by atoms with van der Waals surface area (Å²) < 4.78 is 32.5. The minimum atomic E-state index is -4.76. The third-order valence-electron chi connectivity index (χ3n) is 8.65. The number of hydrogen-bond acceptors (Lipinski definition) is 11. The maximum Gasteiger partial charge on any atom is 0.472 e. The Morgan fingerprint density at radius 2 is 1.16 bits per heavy atom. The van der Waals surface area contributed by atoms with Crippen molar-refractivity contribution in [2.75, 3.05) is 19.8 Å². The summed E-state index contributed by atoms with van der Waals surface area (Å²) in [5.41, 5.74) is 5.31. The van der Waals surface area contributed by atoms with Crippen LogP contribution in [0.3, 0.4) is 0 Å². The van der Waals surface area contributed by atoms with Crippen molar-refractivity contribution in [1.82, 2.24) is 0 Å². The van der Waals surface area contributed by atoms with Gasteiger partial charge in [0.25, 0.3) is 0 Å². The Balaban J connectivity index is 4.61. The van der Waals surface area contributed by atoms with Crippen LogP contribution in [0.4, 0.5) is 0 Å². The van der Waals surface area contributed by atoms with E-state index in [9.17, 15) is 34.1 Å². The van der Waals surface area contributed by atoms with Crippen molar-refractivity contribution in [1.29, 1.82) is 0 Å². The Labute approximate surface area is 347 Å². The molecule has 0 aromatic rings. The Morgan fingerprint density at radius 1 is 0.638 bits per heavy atom. The molecule has 0 saturated heterocycles. The zero-order valence-electron chi connectivity index (χ0n) is 35.1. The summed E-state index contributed by atoms with van der Waals surface area (Å²) in [7, 11) is -4.76. The van der Waals surface area contributed by atoms with Crippen LogP contribution >= 0.6 is 7.82 Å². The van der Waals surface area contributed by atoms with E-state index in [-0.39, 0.29) is 12.8 Å². The van der Waals surface area contributed by atoms with Gasteiger partial charge >= 0.3 is 25.7 Å². The van der Waals surface area contributed by atoms with Gasteiger partial charge in [-0.1, -0.05) is 164 Å². The van der Waals surface area contributed by atoms with Gasteiger partial charge in [-0.15, -0.1) is 0 Å². The van der Waals surface area contributed by atoms with Gasteiger partial charge in [-0.05, 0) is 38.5 Å². The van der Waals surface area contributed by atoms with Crippen LogP contribution in [0.5, 0.6) is 0 Å². The number of carboxylic acids is 1. The van der Waals surface area contributed by atoms with E-state index >= 15 is 0 Å². The minimum Gasteiger partial charge on any atom is -0.480 e. The third kappa shape index (κ3) is 37.1. The lowest BCUT2D eigenvalue weighted by Gasteiger charge is -2.20. The van der Waals surface area contributed by atoms with Gasteiger partial charge in [0, 0.05) is 12.8 Å². The number of rotatable bonds is 38. The van der Waals surface area contributed by atoms with Gasteiger partial charge in [0.2, 0.25) is 0 Å². The fraction of sp³-hybridized carbons (Fsp3) is 0.659. The van der Waals surface area contributed by atoms with Crippen LogP contribution in [-0.4, -0.2) is 82.3 Å². The van der Waals surface area contributed by atoms with E-state index in [1.54, 1.807) is 36.5 Å². The number of unbranched alkanes of at least 4 members (excludes halogenated alkanes) is 12. The van der Waals surface area contributed by atoms with Crippen LogP contribution in [0.2, 0.25) is 0 Å². The van der Waals surface area contributed by atoms with E-state index < -0.39 is 69.9 Å². The Bertz CT molecular complexity index is 1290. The number of carbonyl (C=O) groups excluding carboxylic acids is 2. The summed E-state index contributed by atoms with van der Waals surface area (Å²) in [6, 6.07) is -1.55. The highest BCUT2D eigenvalue weighted by Gasteiger charge is 2.28. The second-order valence-corrected chi connectivity index (χ2v) is 15.6. The molecule has 0 spiro atoms. The first kappa shape index (κ1) is 54.8. The molecular formula is C44H74NO12P. The van der Waals surface area contributed by atoms with Crippen molar-refractivity contribution in [2.24, 2.45) is 5.73 Å². The number of aliphatic hydroxyl groups excluding tert-OH is 2. The number of allylic oxidation sites excluding steroid dienone is 8. The van der Waals surface area contributed by atoms with Gasteiger partial charge in [0.1, 0.15) is 12.6 Å². The molecule has 0 aromatic carbocycles. The molecule has 0 aromatic heterocycles. The molecule has 58 heavy (non-hydrogen) atoms. The summed E-state index contributed by atoms with van der Waals surface area (Å²) in [5, 5.41) is 28.8. The lowest BCUT2D eigenvalue weighted by atomic mass is 10.0. The van der Waals surface area contributed by atoms with E-state index in [2.05, 4.69) is 11.4 Å². The van der Waals surface area contributed by atoms with Gasteiger partial charge in [-0.25, -0.2) is 4.57 Å². The highest BCUT2D eigenvalue weighted by atomic mass is 31.2. The van der Waals surface area contributed by atoms with Gasteiger partial charge < -0.3 is 35.4 Å². The molecule has 0 amide bonds. The van der Waals surface area contributed by atoms with Crippen LogP contribution in [0.25, 0.3) is 0 Å². The Kier molecular flexibility index (Phi) is 36.0. The number of phosphoric ester groups is 1. The lowest BCUT2D eigenvalue weighted by Crippen LogP contribution is -2.34. The summed E-state index contributed by atoms with van der Waals surface area (Å²) in [6.07, 6.45) is 37.6. The van der Waals surface area contributed by atoms with Crippen LogP contribution in [-0.2, 0) is 37.5 Å². The molecule has 6 N–H and O–H groups in total. The smallest absolute Gasteiger partial charge is 0.472 e. The average molecular weight is 840 g/mol. The van der Waals surface area contributed by atoms with Crippen molar-refractivity contribution < 1.29 is 57.7 Å². The number of ether oxygens (including phenoxy) is 2. The number of hydrogen-bond donors (Lipinski definition) is 5.